The lowest BCUT2D eigenvalue weighted by Crippen LogP contribution is -2.39. The van der Waals surface area contributed by atoms with Crippen LogP contribution in [0.1, 0.15) is 26.3 Å². The third kappa shape index (κ3) is 6.47. The maximum absolute atomic E-state index is 11.9. The average molecular weight is 372 g/mol. The zero-order valence-corrected chi connectivity index (χ0v) is 14.9. The van der Waals surface area contributed by atoms with Gasteiger partial charge >= 0.3 is 12.1 Å². The number of ether oxygens (including phenoxy) is 1. The van der Waals surface area contributed by atoms with Crippen molar-refractivity contribution in [1.82, 2.24) is 4.90 Å². The monoisotopic (exact) mass is 371 g/mol. The number of hydrogen-bond acceptors (Lipinski definition) is 3. The van der Waals surface area contributed by atoms with Crippen molar-refractivity contribution in [2.24, 2.45) is 5.92 Å². The first-order chi connectivity index (χ1) is 10.1. The predicted molar refractivity (Wildman–Crippen MR) is 87.8 cm³/mol. The van der Waals surface area contributed by atoms with E-state index < -0.39 is 23.6 Å². The second kappa shape index (κ2) is 7.63. The summed E-state index contributed by atoms with van der Waals surface area (Å²) in [6.45, 7) is 5.41. The van der Waals surface area contributed by atoms with Gasteiger partial charge < -0.3 is 14.7 Å². The molecule has 1 N–H and O–H groups in total. The van der Waals surface area contributed by atoms with Crippen molar-refractivity contribution >= 4 is 28.0 Å². The van der Waals surface area contributed by atoms with Crippen LogP contribution >= 0.6 is 15.9 Å². The zero-order valence-electron chi connectivity index (χ0n) is 13.3. The summed E-state index contributed by atoms with van der Waals surface area (Å²) in [4.78, 5) is 24.7. The highest BCUT2D eigenvalue weighted by molar-refractivity contribution is 9.10. The van der Waals surface area contributed by atoms with Gasteiger partial charge in [-0.05, 0) is 44.9 Å². The van der Waals surface area contributed by atoms with Crippen molar-refractivity contribution in [3.05, 3.63) is 34.3 Å². The largest absolute Gasteiger partial charge is 0.481 e. The fraction of sp³-hybridized carbons (Fsp3) is 0.500. The number of carbonyl (C=O) groups excluding carboxylic acids is 1. The molecule has 0 saturated carbocycles. The van der Waals surface area contributed by atoms with E-state index in [0.29, 0.717) is 6.42 Å². The van der Waals surface area contributed by atoms with E-state index in [1.54, 1.807) is 27.8 Å². The molecule has 1 aromatic rings. The third-order valence-electron chi connectivity index (χ3n) is 2.92. The number of halogens is 1. The molecule has 0 aliphatic rings. The Kier molecular flexibility index (Phi) is 6.41. The Morgan fingerprint density at radius 2 is 2.00 bits per heavy atom. The molecular weight excluding hydrogens is 350 g/mol. The molecule has 0 aliphatic carbocycles. The summed E-state index contributed by atoms with van der Waals surface area (Å²) in [5.74, 6) is -1.62. The van der Waals surface area contributed by atoms with E-state index in [-0.39, 0.29) is 6.54 Å². The highest BCUT2D eigenvalue weighted by Gasteiger charge is 2.25. The number of rotatable bonds is 5. The van der Waals surface area contributed by atoms with Crippen LogP contribution < -0.4 is 0 Å². The lowest BCUT2D eigenvalue weighted by molar-refractivity contribution is -0.142. The molecule has 0 fully saturated rings. The van der Waals surface area contributed by atoms with Gasteiger partial charge in [0.1, 0.15) is 5.60 Å². The minimum Gasteiger partial charge on any atom is -0.481 e. The normalized spacial score (nSPS) is 12.6. The summed E-state index contributed by atoms with van der Waals surface area (Å²) < 4.78 is 6.13. The SMILES string of the molecule is CN(CC(Cc1cccc(Br)c1)C(=O)O)C(=O)OC(C)(C)C. The molecule has 1 atom stereocenters. The third-order valence-corrected chi connectivity index (χ3v) is 3.41. The van der Waals surface area contributed by atoms with Crippen LogP contribution in [-0.4, -0.2) is 41.3 Å². The van der Waals surface area contributed by atoms with Gasteiger partial charge in [-0.3, -0.25) is 4.79 Å². The van der Waals surface area contributed by atoms with E-state index in [2.05, 4.69) is 15.9 Å². The molecule has 0 aromatic heterocycles. The van der Waals surface area contributed by atoms with Crippen molar-refractivity contribution in [3.63, 3.8) is 0 Å². The number of aliphatic carboxylic acids is 1. The summed E-state index contributed by atoms with van der Waals surface area (Å²) in [5.41, 5.74) is 0.299. The van der Waals surface area contributed by atoms with Crippen molar-refractivity contribution in [3.8, 4) is 0 Å². The summed E-state index contributed by atoms with van der Waals surface area (Å²) in [6.07, 6.45) is -0.171. The quantitative estimate of drug-likeness (QED) is 0.858. The molecule has 5 nitrogen and oxygen atoms in total. The lowest BCUT2D eigenvalue weighted by Gasteiger charge is -2.26. The van der Waals surface area contributed by atoms with Crippen molar-refractivity contribution < 1.29 is 19.4 Å². The fourth-order valence-corrected chi connectivity index (χ4v) is 2.37. The Bertz CT molecular complexity index is 539. The second-order valence-electron chi connectivity index (χ2n) is 6.23. The molecule has 122 valence electrons. The van der Waals surface area contributed by atoms with Gasteiger partial charge in [-0.1, -0.05) is 28.1 Å². The Balaban J connectivity index is 2.72. The smallest absolute Gasteiger partial charge is 0.410 e. The minimum atomic E-state index is -0.935. The number of carboxylic acids is 1. The molecule has 1 amide bonds. The van der Waals surface area contributed by atoms with Crippen LogP contribution in [0.2, 0.25) is 0 Å². The van der Waals surface area contributed by atoms with E-state index >= 15 is 0 Å². The van der Waals surface area contributed by atoms with Gasteiger partial charge in [0, 0.05) is 18.1 Å². The van der Waals surface area contributed by atoms with E-state index in [9.17, 15) is 14.7 Å². The Hall–Kier alpha value is -1.56. The van der Waals surface area contributed by atoms with Crippen LogP contribution in [0.5, 0.6) is 0 Å². The molecule has 0 bridgehead atoms. The minimum absolute atomic E-state index is 0.0940. The maximum Gasteiger partial charge on any atom is 0.410 e. The van der Waals surface area contributed by atoms with Crippen LogP contribution in [0.4, 0.5) is 4.79 Å². The van der Waals surface area contributed by atoms with Gasteiger partial charge in [-0.2, -0.15) is 0 Å². The van der Waals surface area contributed by atoms with Gasteiger partial charge in [0.2, 0.25) is 0 Å². The summed E-state index contributed by atoms with van der Waals surface area (Å²) in [6, 6.07) is 7.49. The predicted octanol–water partition coefficient (Wildman–Crippen LogP) is 3.56. The molecule has 0 spiro atoms. The number of carbonyl (C=O) groups is 2. The highest BCUT2D eigenvalue weighted by atomic mass is 79.9. The molecule has 1 unspecified atom stereocenters. The number of carboxylic acid groups (broad SMARTS) is 1. The first-order valence-electron chi connectivity index (χ1n) is 7.00. The van der Waals surface area contributed by atoms with Crippen LogP contribution in [0.15, 0.2) is 28.7 Å². The lowest BCUT2D eigenvalue weighted by atomic mass is 9.99. The van der Waals surface area contributed by atoms with Gasteiger partial charge in [0.15, 0.2) is 0 Å². The number of nitrogens with zero attached hydrogens (tertiary/aromatic N) is 1. The standard InChI is InChI=1S/C16H22BrNO4/c1-16(2,3)22-15(21)18(4)10-12(14(19)20)8-11-6-5-7-13(17)9-11/h5-7,9,12H,8,10H2,1-4H3,(H,19,20). The molecule has 0 aliphatic heterocycles. The zero-order chi connectivity index (χ0) is 16.9. The fourth-order valence-electron chi connectivity index (χ4n) is 1.92. The van der Waals surface area contributed by atoms with E-state index in [0.717, 1.165) is 10.0 Å². The van der Waals surface area contributed by atoms with Crippen LogP contribution in [0, 0.1) is 5.92 Å². The summed E-state index contributed by atoms with van der Waals surface area (Å²) >= 11 is 3.36. The number of hydrogen-bond donors (Lipinski definition) is 1. The molecule has 6 heteroatoms. The Labute approximate surface area is 139 Å². The maximum atomic E-state index is 11.9. The second-order valence-corrected chi connectivity index (χ2v) is 7.15. The van der Waals surface area contributed by atoms with Crippen LogP contribution in [0.25, 0.3) is 0 Å². The molecule has 0 saturated heterocycles. The summed E-state index contributed by atoms with van der Waals surface area (Å²) in [5, 5.41) is 9.38. The molecule has 1 aromatic carbocycles. The molecule has 1 rings (SSSR count). The Morgan fingerprint density at radius 3 is 2.50 bits per heavy atom. The number of amides is 1. The van der Waals surface area contributed by atoms with Crippen molar-refractivity contribution in [2.75, 3.05) is 13.6 Å². The Morgan fingerprint density at radius 1 is 1.36 bits per heavy atom. The highest BCUT2D eigenvalue weighted by Crippen LogP contribution is 2.17. The van der Waals surface area contributed by atoms with E-state index in [4.69, 9.17) is 4.74 Å². The topological polar surface area (TPSA) is 66.8 Å². The van der Waals surface area contributed by atoms with Gasteiger partial charge in [0.05, 0.1) is 5.92 Å². The van der Waals surface area contributed by atoms with E-state index in [1.165, 1.54) is 4.90 Å². The molecule has 0 radical (unpaired) electrons. The van der Waals surface area contributed by atoms with Crippen molar-refractivity contribution in [2.45, 2.75) is 32.8 Å². The first-order valence-corrected chi connectivity index (χ1v) is 7.79. The summed E-state index contributed by atoms with van der Waals surface area (Å²) in [7, 11) is 1.55. The van der Waals surface area contributed by atoms with Gasteiger partial charge in [0.25, 0.3) is 0 Å². The van der Waals surface area contributed by atoms with Gasteiger partial charge in [-0.15, -0.1) is 0 Å². The van der Waals surface area contributed by atoms with Crippen molar-refractivity contribution in [1.29, 1.82) is 0 Å². The van der Waals surface area contributed by atoms with E-state index in [1.807, 2.05) is 24.3 Å². The number of benzene rings is 1. The van der Waals surface area contributed by atoms with Crippen LogP contribution in [-0.2, 0) is 16.0 Å². The van der Waals surface area contributed by atoms with Gasteiger partial charge in [-0.25, -0.2) is 4.79 Å². The molecule has 0 heterocycles. The first kappa shape index (κ1) is 18.5. The van der Waals surface area contributed by atoms with Crippen LogP contribution in [0.3, 0.4) is 0 Å². The average Bonchev–Trinajstić information content (AvgIpc) is 2.35. The molecular formula is C16H22BrNO4. The molecule has 22 heavy (non-hydrogen) atoms.